The van der Waals surface area contributed by atoms with Crippen molar-refractivity contribution in [2.24, 2.45) is 18.9 Å². The Hall–Kier alpha value is -4.84. The monoisotopic (exact) mass is 721 g/mol. The van der Waals surface area contributed by atoms with Gasteiger partial charge in [-0.05, 0) is 39.0 Å². The van der Waals surface area contributed by atoms with Crippen molar-refractivity contribution in [2.45, 2.75) is 50.7 Å². The topological polar surface area (TPSA) is 187 Å². The molecule has 1 aromatic carbocycles. The van der Waals surface area contributed by atoms with Crippen LogP contribution in [0.25, 0.3) is 11.3 Å². The largest absolute Gasteiger partial charge is 0.444 e. The summed E-state index contributed by atoms with van der Waals surface area (Å²) in [5.74, 6) is -1.26. The molecule has 3 aromatic rings. The molecule has 268 valence electrons. The third-order valence-corrected chi connectivity index (χ3v) is 9.20. The molecule has 1 aliphatic carbocycles. The molecule has 50 heavy (non-hydrogen) atoms. The molecule has 5 atom stereocenters. The number of imidazole rings is 1. The fourth-order valence-corrected chi connectivity index (χ4v) is 6.59. The predicted molar refractivity (Wildman–Crippen MR) is 171 cm³/mol. The van der Waals surface area contributed by atoms with Gasteiger partial charge in [-0.25, -0.2) is 14.6 Å². The highest BCUT2D eigenvalue weighted by atomic mass is 35.5. The lowest BCUT2D eigenvalue weighted by molar-refractivity contribution is -0.140. The van der Waals surface area contributed by atoms with Crippen LogP contribution in [-0.2, 0) is 18.0 Å². The van der Waals surface area contributed by atoms with Crippen LogP contribution in [0.5, 0.6) is 0 Å². The summed E-state index contributed by atoms with van der Waals surface area (Å²) >= 11 is 6.40. The van der Waals surface area contributed by atoms with Gasteiger partial charge in [-0.15, -0.1) is 0 Å². The van der Waals surface area contributed by atoms with E-state index in [2.05, 4.69) is 26.0 Å². The number of aliphatic hydroxyl groups excluding tert-OH is 1. The molecular weight excluding hydrogens is 687 g/mol. The standard InChI is InChI=1S/C31H35ClF3N9O6/c1-30(2,3)50-29(49)44-12-20(22(45)13-44)39-28(48)43-10-17-18(11-43)23(17)40-26(46)15-6-5-14(7-19(15)32)38-27(47)25-36-9-21(42(25)4)16-8-37-41-24(16)31(33,34)35/h5-9,17-18,20,22-23,45H,10-13H2,1-4H3,(H,37,41)(H,38,47)(H,39,48)(H,40,46)/t17-,18+,20-,22-,23?/m0/s1. The number of aromatic nitrogens is 4. The number of aromatic amines is 1. The van der Waals surface area contributed by atoms with Crippen molar-refractivity contribution >= 4 is 41.2 Å². The zero-order chi connectivity index (χ0) is 36.3. The zero-order valence-corrected chi connectivity index (χ0v) is 28.1. The molecule has 5 amide bonds. The van der Waals surface area contributed by atoms with Gasteiger partial charge < -0.3 is 40.2 Å². The van der Waals surface area contributed by atoms with Crippen molar-refractivity contribution < 1.29 is 42.2 Å². The number of nitrogens with zero attached hydrogens (tertiary/aromatic N) is 5. The SMILES string of the molecule is Cn1c(-c2cn[nH]c2C(F)(F)F)cnc1C(=O)Nc1ccc(C(=O)NC2[C@H]3CN(C(=O)N[C@H]4CN(C(=O)OC(C)(C)C)C[C@@H]4O)C[C@@H]23)c(Cl)c1. The average molecular weight is 722 g/mol. The number of anilines is 1. The van der Waals surface area contributed by atoms with E-state index in [0.29, 0.717) is 13.1 Å². The molecule has 3 aliphatic rings. The van der Waals surface area contributed by atoms with Crippen LogP contribution in [0.1, 0.15) is 47.4 Å². The number of ether oxygens (including phenoxy) is 1. The number of piperidine rings is 1. The van der Waals surface area contributed by atoms with Crippen LogP contribution in [0.15, 0.2) is 30.6 Å². The molecule has 15 nitrogen and oxygen atoms in total. The molecule has 0 radical (unpaired) electrons. The quantitative estimate of drug-likeness (QED) is 0.257. The Morgan fingerprint density at radius 3 is 2.34 bits per heavy atom. The molecule has 2 saturated heterocycles. The van der Waals surface area contributed by atoms with Crippen LogP contribution in [0.2, 0.25) is 5.02 Å². The number of H-pyrrole nitrogens is 1. The fraction of sp³-hybridized carbons (Fsp3) is 0.484. The van der Waals surface area contributed by atoms with Gasteiger partial charge in [0.15, 0.2) is 5.82 Å². The second kappa shape index (κ2) is 12.8. The van der Waals surface area contributed by atoms with Crippen LogP contribution in [0, 0.1) is 11.8 Å². The van der Waals surface area contributed by atoms with Gasteiger partial charge in [-0.2, -0.15) is 18.3 Å². The van der Waals surface area contributed by atoms with E-state index in [1.165, 1.54) is 34.7 Å². The second-order valence-corrected chi connectivity index (χ2v) is 14.0. The van der Waals surface area contributed by atoms with Crippen molar-refractivity contribution in [3.05, 3.63) is 52.7 Å². The van der Waals surface area contributed by atoms with Gasteiger partial charge in [0.2, 0.25) is 0 Å². The number of carbonyl (C=O) groups excluding carboxylic acids is 4. The minimum absolute atomic E-state index is 0.0223. The van der Waals surface area contributed by atoms with E-state index in [1.54, 1.807) is 25.7 Å². The number of β-amino-alcohol motifs (C(OH)–C–C–N with tert-alkyl or cyclic N) is 1. The minimum Gasteiger partial charge on any atom is -0.444 e. The number of halogens is 4. The van der Waals surface area contributed by atoms with E-state index < -0.39 is 47.5 Å². The van der Waals surface area contributed by atoms with Crippen molar-refractivity contribution in [2.75, 3.05) is 31.5 Å². The number of aliphatic hydroxyl groups is 1. The van der Waals surface area contributed by atoms with E-state index in [1.807, 2.05) is 5.10 Å². The molecule has 6 rings (SSSR count). The first-order valence-corrected chi connectivity index (χ1v) is 16.0. The summed E-state index contributed by atoms with van der Waals surface area (Å²) in [6.07, 6.45) is -4.05. The van der Waals surface area contributed by atoms with Crippen LogP contribution in [0.4, 0.5) is 28.4 Å². The summed E-state index contributed by atoms with van der Waals surface area (Å²) in [7, 11) is 1.39. The average Bonchev–Trinajstić information content (AvgIpc) is 3.59. The Bertz CT molecular complexity index is 1830. The third-order valence-electron chi connectivity index (χ3n) is 8.89. The third kappa shape index (κ3) is 7.07. The second-order valence-electron chi connectivity index (χ2n) is 13.6. The van der Waals surface area contributed by atoms with Gasteiger partial charge in [-0.1, -0.05) is 11.6 Å². The lowest BCUT2D eigenvalue weighted by Gasteiger charge is -2.25. The van der Waals surface area contributed by atoms with Crippen LogP contribution in [-0.4, -0.2) is 109 Å². The predicted octanol–water partition coefficient (Wildman–Crippen LogP) is 3.08. The Morgan fingerprint density at radius 1 is 1.00 bits per heavy atom. The first-order chi connectivity index (χ1) is 23.4. The molecule has 1 unspecified atom stereocenters. The summed E-state index contributed by atoms with van der Waals surface area (Å²) in [5, 5.41) is 24.2. The van der Waals surface area contributed by atoms with Gasteiger partial charge in [0.25, 0.3) is 11.8 Å². The highest BCUT2D eigenvalue weighted by Gasteiger charge is 2.57. The smallest absolute Gasteiger partial charge is 0.433 e. The highest BCUT2D eigenvalue weighted by molar-refractivity contribution is 6.34. The number of hydrogen-bond acceptors (Lipinski definition) is 8. The molecule has 1 saturated carbocycles. The number of rotatable bonds is 6. The Labute approximate surface area is 288 Å². The zero-order valence-electron chi connectivity index (χ0n) is 27.3. The molecule has 0 bridgehead atoms. The van der Waals surface area contributed by atoms with Gasteiger partial charge in [0, 0.05) is 50.2 Å². The number of alkyl halides is 3. The van der Waals surface area contributed by atoms with Gasteiger partial charge in [0.1, 0.15) is 11.3 Å². The molecular formula is C31H35ClF3N9O6. The molecule has 4 heterocycles. The number of likely N-dealkylation sites (tertiary alicyclic amines) is 2. The Balaban J connectivity index is 0.990. The van der Waals surface area contributed by atoms with E-state index in [4.69, 9.17) is 16.3 Å². The van der Waals surface area contributed by atoms with E-state index >= 15 is 0 Å². The molecule has 2 aromatic heterocycles. The van der Waals surface area contributed by atoms with E-state index in [-0.39, 0.29) is 70.4 Å². The van der Waals surface area contributed by atoms with Crippen molar-refractivity contribution in [1.29, 1.82) is 0 Å². The highest BCUT2D eigenvalue weighted by Crippen LogP contribution is 2.46. The first kappa shape index (κ1) is 35.0. The van der Waals surface area contributed by atoms with Crippen molar-refractivity contribution in [3.63, 3.8) is 0 Å². The molecule has 5 N–H and O–H groups in total. The first-order valence-electron chi connectivity index (χ1n) is 15.7. The maximum atomic E-state index is 13.3. The Kier molecular flexibility index (Phi) is 8.96. The van der Waals surface area contributed by atoms with Crippen molar-refractivity contribution in [3.8, 4) is 11.3 Å². The summed E-state index contributed by atoms with van der Waals surface area (Å²) < 4.78 is 46.6. The number of nitrogens with one attached hydrogen (secondary N) is 4. The minimum atomic E-state index is -4.69. The number of hydrogen-bond donors (Lipinski definition) is 5. The number of carbonyl (C=O) groups is 4. The maximum Gasteiger partial charge on any atom is 0.433 e. The van der Waals surface area contributed by atoms with Gasteiger partial charge in [0.05, 0.1) is 52.9 Å². The number of urea groups is 1. The fourth-order valence-electron chi connectivity index (χ4n) is 6.32. The van der Waals surface area contributed by atoms with Crippen molar-refractivity contribution in [1.82, 2.24) is 40.2 Å². The maximum absolute atomic E-state index is 13.3. The lowest BCUT2D eigenvalue weighted by atomic mass is 10.2. The Morgan fingerprint density at radius 2 is 1.70 bits per heavy atom. The van der Waals surface area contributed by atoms with Crippen LogP contribution in [0.3, 0.4) is 0 Å². The van der Waals surface area contributed by atoms with Crippen LogP contribution < -0.4 is 16.0 Å². The molecule has 2 aliphatic heterocycles. The number of fused-ring (bicyclic) bond motifs is 1. The molecule has 0 spiro atoms. The van der Waals surface area contributed by atoms with Gasteiger partial charge >= 0.3 is 18.3 Å². The van der Waals surface area contributed by atoms with E-state index in [0.717, 1.165) is 12.4 Å². The van der Waals surface area contributed by atoms with E-state index in [9.17, 15) is 37.5 Å². The molecule has 19 heteroatoms. The summed E-state index contributed by atoms with van der Waals surface area (Å²) in [5.41, 5.74) is -1.61. The normalized spacial score (nSPS) is 23.0. The number of amides is 5. The van der Waals surface area contributed by atoms with Crippen LogP contribution >= 0.6 is 11.6 Å². The summed E-state index contributed by atoms with van der Waals surface area (Å²) in [4.78, 5) is 58.2. The number of benzene rings is 1. The van der Waals surface area contributed by atoms with Gasteiger partial charge in [-0.3, -0.25) is 14.7 Å². The molecule has 3 fully saturated rings. The summed E-state index contributed by atoms with van der Waals surface area (Å²) in [6.45, 7) is 6.18. The summed E-state index contributed by atoms with van der Waals surface area (Å²) in [6, 6.07) is 3.08. The lowest BCUT2D eigenvalue weighted by Crippen LogP contribution is -2.50.